The van der Waals surface area contributed by atoms with Crippen LogP contribution in [0.25, 0.3) is 0 Å². The van der Waals surface area contributed by atoms with Crippen molar-refractivity contribution < 1.29 is 35.3 Å². The highest BCUT2D eigenvalue weighted by molar-refractivity contribution is 7.84. The van der Waals surface area contributed by atoms with Crippen molar-refractivity contribution in [3.63, 3.8) is 0 Å². The molecule has 0 aliphatic rings. The van der Waals surface area contributed by atoms with Crippen LogP contribution >= 0.6 is 11.6 Å². The van der Waals surface area contributed by atoms with E-state index < -0.39 is 34.2 Å². The minimum Gasteiger partial charge on any atom is -0.433 e. The Morgan fingerprint density at radius 3 is 2.69 bits per heavy atom. The molecule has 26 heavy (non-hydrogen) atoms. The van der Waals surface area contributed by atoms with E-state index in [4.69, 9.17) is 16.3 Å². The molecule has 1 unspecified atom stereocenters. The van der Waals surface area contributed by atoms with Gasteiger partial charge in [0, 0.05) is 18.1 Å². The molecule has 1 aromatic rings. The van der Waals surface area contributed by atoms with Crippen molar-refractivity contribution in [1.29, 1.82) is 0 Å². The number of ether oxygens (including phenoxy) is 1. The molecule has 1 aromatic carbocycles. The fourth-order valence-electron chi connectivity index (χ4n) is 1.47. The molecular formula is C14H14ClF3N2O5S. The first kappa shape index (κ1) is 21.9. The Labute approximate surface area is 153 Å². The lowest BCUT2D eigenvalue weighted by Gasteiger charge is -2.11. The van der Waals surface area contributed by atoms with Crippen molar-refractivity contribution in [3.8, 4) is 12.0 Å². The van der Waals surface area contributed by atoms with E-state index in [1.807, 2.05) is 10.8 Å². The Morgan fingerprint density at radius 2 is 2.08 bits per heavy atom. The zero-order valence-electron chi connectivity index (χ0n) is 13.3. The number of halogens is 4. The third kappa shape index (κ3) is 8.28. The van der Waals surface area contributed by atoms with Crippen LogP contribution in [-0.2, 0) is 25.4 Å². The number of carbonyl (C=O) groups is 1. The molecule has 1 amide bonds. The van der Waals surface area contributed by atoms with Gasteiger partial charge in [-0.3, -0.25) is 5.32 Å². The number of rotatable bonds is 6. The van der Waals surface area contributed by atoms with Crippen LogP contribution in [0.4, 0.5) is 23.7 Å². The summed E-state index contributed by atoms with van der Waals surface area (Å²) in [5.74, 6) is 2.21. The average molecular weight is 415 g/mol. The fraction of sp³-hybridized carbons (Fsp3) is 0.357. The number of alkyl halides is 4. The predicted molar refractivity (Wildman–Crippen MR) is 87.5 cm³/mol. The topological polar surface area (TPSA) is 93.7 Å². The first-order valence-electron chi connectivity index (χ1n) is 6.93. The maximum Gasteiger partial charge on any atom is 0.416 e. The number of hydrogen-bond acceptors (Lipinski definition) is 5. The smallest absolute Gasteiger partial charge is 0.416 e. The van der Waals surface area contributed by atoms with Gasteiger partial charge in [-0.1, -0.05) is 6.07 Å². The van der Waals surface area contributed by atoms with Gasteiger partial charge in [0.15, 0.2) is 6.10 Å². The van der Waals surface area contributed by atoms with Crippen molar-refractivity contribution in [3.05, 3.63) is 29.8 Å². The summed E-state index contributed by atoms with van der Waals surface area (Å²) in [7, 11) is -4.11. The van der Waals surface area contributed by atoms with Crippen molar-refractivity contribution in [2.24, 2.45) is 0 Å². The van der Waals surface area contributed by atoms with Crippen molar-refractivity contribution in [2.75, 3.05) is 17.7 Å². The molecule has 1 atom stereocenters. The number of benzene rings is 1. The normalized spacial score (nSPS) is 12.5. The highest BCUT2D eigenvalue weighted by Crippen LogP contribution is 2.30. The average Bonchev–Trinajstić information content (AvgIpc) is 2.52. The minimum atomic E-state index is -4.55. The van der Waals surface area contributed by atoms with E-state index in [1.54, 1.807) is 0 Å². The summed E-state index contributed by atoms with van der Waals surface area (Å²) in [5.41, 5.74) is -1.07. The van der Waals surface area contributed by atoms with E-state index in [0.717, 1.165) is 18.2 Å². The van der Waals surface area contributed by atoms with E-state index in [1.165, 1.54) is 13.0 Å². The van der Waals surface area contributed by atoms with E-state index in [9.17, 15) is 26.4 Å². The second kappa shape index (κ2) is 9.51. The van der Waals surface area contributed by atoms with Crippen LogP contribution in [0.5, 0.6) is 0 Å². The van der Waals surface area contributed by atoms with E-state index >= 15 is 0 Å². The predicted octanol–water partition coefficient (Wildman–Crippen LogP) is 2.69. The van der Waals surface area contributed by atoms with Gasteiger partial charge in [0.25, 0.3) is 0 Å². The molecule has 0 saturated heterocycles. The highest BCUT2D eigenvalue weighted by Gasteiger charge is 2.30. The van der Waals surface area contributed by atoms with Gasteiger partial charge < -0.3 is 8.92 Å². The molecule has 2 N–H and O–H groups in total. The van der Waals surface area contributed by atoms with E-state index in [0.29, 0.717) is 0 Å². The van der Waals surface area contributed by atoms with Gasteiger partial charge in [-0.2, -0.15) is 26.3 Å². The number of anilines is 1. The highest BCUT2D eigenvalue weighted by atomic mass is 35.5. The first-order valence-corrected chi connectivity index (χ1v) is 8.87. The van der Waals surface area contributed by atoms with Crippen LogP contribution in [-0.4, -0.2) is 33.0 Å². The van der Waals surface area contributed by atoms with Crippen LogP contribution in [0.3, 0.4) is 0 Å². The number of hydrogen-bond donors (Lipinski definition) is 2. The zero-order chi connectivity index (χ0) is 19.8. The summed E-state index contributed by atoms with van der Waals surface area (Å²) in [6, 6.07) is 3.94. The molecule has 0 bridgehead atoms. The lowest BCUT2D eigenvalue weighted by molar-refractivity contribution is -0.137. The second-order valence-electron chi connectivity index (χ2n) is 4.62. The summed E-state index contributed by atoms with van der Waals surface area (Å²) in [4.78, 5) is 11.6. The van der Waals surface area contributed by atoms with Gasteiger partial charge in [-0.25, -0.2) is 4.79 Å². The number of nitrogens with one attached hydrogen (secondary N) is 2. The maximum atomic E-state index is 12.6. The summed E-state index contributed by atoms with van der Waals surface area (Å²) in [5, 5.41) is 2.10. The van der Waals surface area contributed by atoms with Gasteiger partial charge in [0.05, 0.1) is 5.56 Å². The summed E-state index contributed by atoms with van der Waals surface area (Å²) < 4.78 is 71.2. The molecule has 1 rings (SSSR count). The Kier molecular flexibility index (Phi) is 8.01. The molecule has 12 heteroatoms. The lowest BCUT2D eigenvalue weighted by Crippen LogP contribution is -2.26. The molecule has 0 radical (unpaired) electrons. The largest absolute Gasteiger partial charge is 0.433 e. The summed E-state index contributed by atoms with van der Waals surface area (Å²) >= 11 is 5.31. The van der Waals surface area contributed by atoms with Gasteiger partial charge in [-0.05, 0) is 31.0 Å². The fourth-order valence-corrected chi connectivity index (χ4v) is 2.24. The van der Waals surface area contributed by atoms with Crippen LogP contribution in [0, 0.1) is 12.0 Å². The monoisotopic (exact) mass is 414 g/mol. The molecule has 0 heterocycles. The minimum absolute atomic E-state index is 0.0330. The molecule has 0 aliphatic carbocycles. The SMILES string of the molecule is CC(C#COS(=O)(=O)NCCCl)OC(=O)Nc1cccc(C(F)(F)F)c1. The first-order chi connectivity index (χ1) is 12.0. The molecular weight excluding hydrogens is 401 g/mol. The lowest BCUT2D eigenvalue weighted by atomic mass is 10.2. The van der Waals surface area contributed by atoms with Crippen LogP contribution < -0.4 is 10.0 Å². The molecule has 0 fully saturated rings. The third-order valence-corrected chi connectivity index (χ3v) is 3.56. The quantitative estimate of drug-likeness (QED) is 0.551. The molecule has 144 valence electrons. The van der Waals surface area contributed by atoms with Crippen LogP contribution in [0.1, 0.15) is 12.5 Å². The maximum absolute atomic E-state index is 12.6. The molecule has 7 nitrogen and oxygen atoms in total. The van der Waals surface area contributed by atoms with Crippen molar-refractivity contribution >= 4 is 33.7 Å². The van der Waals surface area contributed by atoms with Gasteiger partial charge in [-0.15, -0.1) is 11.6 Å². The van der Waals surface area contributed by atoms with E-state index in [-0.39, 0.29) is 18.1 Å². The number of amides is 1. The molecule has 0 aliphatic heterocycles. The van der Waals surface area contributed by atoms with Gasteiger partial charge in [0.2, 0.25) is 0 Å². The standard InChI is InChI=1S/C14H14ClF3N2O5S/c1-10(5-8-24-26(22,23)19-7-6-15)25-13(21)20-12-4-2-3-11(9-12)14(16,17)18/h2-4,9-10,19H,6-7H2,1H3,(H,20,21). The Balaban J connectivity index is 2.57. The second-order valence-corrected chi connectivity index (χ2v) is 6.36. The Hall–Kier alpha value is -2.16. The Morgan fingerprint density at radius 1 is 1.38 bits per heavy atom. The molecule has 0 saturated carbocycles. The number of carbonyl (C=O) groups excluding carboxylic acids is 1. The van der Waals surface area contributed by atoms with Gasteiger partial charge in [0.1, 0.15) is 6.11 Å². The molecule has 0 aromatic heterocycles. The summed E-state index contributed by atoms with van der Waals surface area (Å²) in [6.07, 6.45) is -4.89. The van der Waals surface area contributed by atoms with Crippen molar-refractivity contribution in [1.82, 2.24) is 4.72 Å². The Bertz CT molecular complexity index is 790. The van der Waals surface area contributed by atoms with Crippen LogP contribution in [0.15, 0.2) is 24.3 Å². The third-order valence-electron chi connectivity index (χ3n) is 2.51. The van der Waals surface area contributed by atoms with Gasteiger partial charge >= 0.3 is 22.6 Å². The van der Waals surface area contributed by atoms with Crippen LogP contribution in [0.2, 0.25) is 0 Å². The van der Waals surface area contributed by atoms with Crippen molar-refractivity contribution in [2.45, 2.75) is 19.2 Å². The molecule has 0 spiro atoms. The van der Waals surface area contributed by atoms with E-state index in [2.05, 4.69) is 15.4 Å². The zero-order valence-corrected chi connectivity index (χ0v) is 14.8. The summed E-state index contributed by atoms with van der Waals surface area (Å²) in [6.45, 7) is 1.25.